The van der Waals surface area contributed by atoms with Crippen molar-refractivity contribution in [2.45, 2.75) is 6.42 Å². The summed E-state index contributed by atoms with van der Waals surface area (Å²) < 4.78 is 5.11. The van der Waals surface area contributed by atoms with Crippen molar-refractivity contribution in [1.82, 2.24) is 25.1 Å². The summed E-state index contributed by atoms with van der Waals surface area (Å²) in [6, 6.07) is 0. The van der Waals surface area contributed by atoms with Crippen LogP contribution in [0.5, 0.6) is 5.75 Å². The molecule has 0 atom stereocenters. The van der Waals surface area contributed by atoms with Gasteiger partial charge in [-0.25, -0.2) is 15.0 Å². The van der Waals surface area contributed by atoms with Crippen LogP contribution in [0.4, 0.5) is 5.82 Å². The van der Waals surface area contributed by atoms with Crippen molar-refractivity contribution in [3.05, 3.63) is 23.6 Å². The van der Waals surface area contributed by atoms with Gasteiger partial charge in [-0.15, -0.1) is 0 Å². The van der Waals surface area contributed by atoms with Crippen LogP contribution in [0, 0.1) is 0 Å². The van der Waals surface area contributed by atoms with Crippen molar-refractivity contribution in [2.75, 3.05) is 19.0 Å². The molecule has 0 amide bonds. The number of methoxy groups -OCH3 is 1. The van der Waals surface area contributed by atoms with Gasteiger partial charge in [0.25, 0.3) is 0 Å². The van der Waals surface area contributed by atoms with E-state index >= 15 is 0 Å². The van der Waals surface area contributed by atoms with Crippen molar-refractivity contribution < 1.29 is 4.74 Å². The Morgan fingerprint density at radius 3 is 2.94 bits per heavy atom. The van der Waals surface area contributed by atoms with E-state index in [2.05, 4.69) is 30.5 Å². The van der Waals surface area contributed by atoms with Gasteiger partial charge in [0.05, 0.1) is 7.11 Å². The molecule has 17 heavy (non-hydrogen) atoms. The molecule has 0 aliphatic heterocycles. The molecule has 90 valence electrons. The predicted octanol–water partition coefficient (Wildman–Crippen LogP) is 0.911. The average molecular weight is 255 g/mol. The second kappa shape index (κ2) is 5.44. The number of hydrogen-bond acceptors (Lipinski definition) is 6. The molecule has 7 nitrogen and oxygen atoms in total. The van der Waals surface area contributed by atoms with Gasteiger partial charge < -0.3 is 10.1 Å². The Morgan fingerprint density at radius 2 is 2.24 bits per heavy atom. The van der Waals surface area contributed by atoms with Crippen molar-refractivity contribution in [3.8, 4) is 5.75 Å². The first-order valence-electron chi connectivity index (χ1n) is 4.94. The molecule has 0 aliphatic rings. The van der Waals surface area contributed by atoms with Crippen molar-refractivity contribution in [1.29, 1.82) is 0 Å². The first-order valence-corrected chi connectivity index (χ1v) is 5.31. The molecule has 2 rings (SSSR count). The summed E-state index contributed by atoms with van der Waals surface area (Å²) >= 11 is 5.86. The molecule has 2 N–H and O–H groups in total. The molecule has 8 heteroatoms. The standard InChI is InChI=1S/C9H11ClN6O/c1-17-7-8(10)13-4-14-9(7)11-3-2-6-12-5-15-16-6/h4-5H,2-3H2,1H3,(H,11,13,14)(H,12,15,16). The minimum atomic E-state index is 0.282. The van der Waals surface area contributed by atoms with Crippen molar-refractivity contribution >= 4 is 17.4 Å². The van der Waals surface area contributed by atoms with Gasteiger partial charge in [0, 0.05) is 13.0 Å². The number of hydrogen-bond donors (Lipinski definition) is 2. The van der Waals surface area contributed by atoms with Gasteiger partial charge in [-0.2, -0.15) is 5.10 Å². The Labute approximate surface area is 103 Å². The first-order chi connectivity index (χ1) is 8.31. The van der Waals surface area contributed by atoms with Crippen LogP contribution in [-0.2, 0) is 6.42 Å². The highest BCUT2D eigenvalue weighted by atomic mass is 35.5. The summed E-state index contributed by atoms with van der Waals surface area (Å²) in [5.74, 6) is 1.80. The highest BCUT2D eigenvalue weighted by Crippen LogP contribution is 2.27. The zero-order chi connectivity index (χ0) is 12.1. The third kappa shape index (κ3) is 2.82. The summed E-state index contributed by atoms with van der Waals surface area (Å²) in [5.41, 5.74) is 0. The molecular formula is C9H11ClN6O. The minimum absolute atomic E-state index is 0.282. The largest absolute Gasteiger partial charge is 0.490 e. The lowest BCUT2D eigenvalue weighted by molar-refractivity contribution is 0.413. The maximum atomic E-state index is 5.86. The summed E-state index contributed by atoms with van der Waals surface area (Å²) in [5, 5.41) is 9.91. The van der Waals surface area contributed by atoms with E-state index in [1.165, 1.54) is 19.8 Å². The zero-order valence-corrected chi connectivity index (χ0v) is 9.90. The van der Waals surface area contributed by atoms with E-state index in [1.807, 2.05) is 0 Å². The second-order valence-electron chi connectivity index (χ2n) is 3.16. The number of H-pyrrole nitrogens is 1. The van der Waals surface area contributed by atoms with Gasteiger partial charge >= 0.3 is 0 Å². The number of nitrogens with one attached hydrogen (secondary N) is 2. The van der Waals surface area contributed by atoms with Crippen LogP contribution < -0.4 is 10.1 Å². The quantitative estimate of drug-likeness (QED) is 0.771. The average Bonchev–Trinajstić information content (AvgIpc) is 2.82. The predicted molar refractivity (Wildman–Crippen MR) is 62.2 cm³/mol. The maximum absolute atomic E-state index is 5.86. The summed E-state index contributed by atoms with van der Waals surface area (Å²) in [4.78, 5) is 11.9. The van der Waals surface area contributed by atoms with Crippen LogP contribution in [-0.4, -0.2) is 38.8 Å². The van der Waals surface area contributed by atoms with Crippen molar-refractivity contribution in [2.24, 2.45) is 0 Å². The highest BCUT2D eigenvalue weighted by Gasteiger charge is 2.09. The number of aromatic amines is 1. The van der Waals surface area contributed by atoms with Crippen LogP contribution in [0.25, 0.3) is 0 Å². The molecule has 0 aromatic carbocycles. The van der Waals surface area contributed by atoms with Gasteiger partial charge in [0.15, 0.2) is 16.7 Å². The summed E-state index contributed by atoms with van der Waals surface area (Å²) in [7, 11) is 1.52. The zero-order valence-electron chi connectivity index (χ0n) is 9.14. The lowest BCUT2D eigenvalue weighted by Crippen LogP contribution is -2.09. The minimum Gasteiger partial charge on any atom is -0.490 e. The van der Waals surface area contributed by atoms with Crippen LogP contribution in [0.3, 0.4) is 0 Å². The molecule has 0 spiro atoms. The number of rotatable bonds is 5. The van der Waals surface area contributed by atoms with E-state index in [0.29, 0.717) is 24.5 Å². The van der Waals surface area contributed by atoms with Gasteiger partial charge in [0.2, 0.25) is 0 Å². The van der Waals surface area contributed by atoms with Crippen LogP contribution in [0.1, 0.15) is 5.82 Å². The van der Waals surface area contributed by atoms with Crippen LogP contribution in [0.2, 0.25) is 5.15 Å². The van der Waals surface area contributed by atoms with E-state index in [0.717, 1.165) is 5.82 Å². The second-order valence-corrected chi connectivity index (χ2v) is 3.51. The highest BCUT2D eigenvalue weighted by molar-refractivity contribution is 6.31. The third-order valence-electron chi connectivity index (χ3n) is 2.08. The van der Waals surface area contributed by atoms with Crippen LogP contribution in [0.15, 0.2) is 12.7 Å². The Hall–Kier alpha value is -1.89. The fourth-order valence-corrected chi connectivity index (χ4v) is 1.52. The lowest BCUT2D eigenvalue weighted by atomic mass is 10.4. The van der Waals surface area contributed by atoms with E-state index < -0.39 is 0 Å². The fraction of sp³-hybridized carbons (Fsp3) is 0.333. The molecule has 0 fully saturated rings. The molecule has 0 saturated heterocycles. The molecule has 2 aromatic heterocycles. The molecule has 2 heterocycles. The number of ether oxygens (including phenoxy) is 1. The first kappa shape index (κ1) is 11.6. The molecule has 0 radical (unpaired) electrons. The van der Waals surface area contributed by atoms with E-state index in [4.69, 9.17) is 16.3 Å². The molecule has 0 bridgehead atoms. The smallest absolute Gasteiger partial charge is 0.198 e. The van der Waals surface area contributed by atoms with Crippen molar-refractivity contribution in [3.63, 3.8) is 0 Å². The maximum Gasteiger partial charge on any atom is 0.198 e. The fourth-order valence-electron chi connectivity index (χ4n) is 1.31. The topological polar surface area (TPSA) is 88.6 Å². The Kier molecular flexibility index (Phi) is 3.71. The monoisotopic (exact) mass is 254 g/mol. The summed E-state index contributed by atoms with van der Waals surface area (Å²) in [6.07, 6.45) is 3.55. The van der Waals surface area contributed by atoms with E-state index in [9.17, 15) is 0 Å². The van der Waals surface area contributed by atoms with Crippen LogP contribution >= 0.6 is 11.6 Å². The summed E-state index contributed by atoms with van der Waals surface area (Å²) in [6.45, 7) is 0.638. The normalized spacial score (nSPS) is 10.2. The van der Waals surface area contributed by atoms with Gasteiger partial charge in [-0.05, 0) is 0 Å². The van der Waals surface area contributed by atoms with Gasteiger partial charge in [-0.3, -0.25) is 5.10 Å². The Balaban J connectivity index is 1.97. The molecule has 0 unspecified atom stereocenters. The number of aromatic nitrogens is 5. The SMILES string of the molecule is COc1c(Cl)ncnc1NCCc1ncn[nH]1. The molecule has 0 aliphatic carbocycles. The molecular weight excluding hydrogens is 244 g/mol. The lowest BCUT2D eigenvalue weighted by Gasteiger charge is -2.09. The third-order valence-corrected chi connectivity index (χ3v) is 2.35. The van der Waals surface area contributed by atoms with Gasteiger partial charge in [0.1, 0.15) is 18.5 Å². The van der Waals surface area contributed by atoms with E-state index in [-0.39, 0.29) is 5.15 Å². The Bertz CT molecular complexity index is 474. The molecule has 2 aromatic rings. The van der Waals surface area contributed by atoms with E-state index in [1.54, 1.807) is 0 Å². The van der Waals surface area contributed by atoms with Gasteiger partial charge in [-0.1, -0.05) is 11.6 Å². The molecule has 0 saturated carbocycles. The number of halogens is 1. The number of anilines is 1. The number of nitrogens with zero attached hydrogens (tertiary/aromatic N) is 4. The Morgan fingerprint density at radius 1 is 1.35 bits per heavy atom.